The first-order valence-electron chi connectivity index (χ1n) is 6.65. The van der Waals surface area contributed by atoms with Crippen LogP contribution in [0.4, 0.5) is 0 Å². The molecule has 0 spiro atoms. The van der Waals surface area contributed by atoms with E-state index in [-0.39, 0.29) is 23.8 Å². The van der Waals surface area contributed by atoms with Crippen LogP contribution in [0, 0.1) is 16.7 Å². The second-order valence-corrected chi connectivity index (χ2v) is 6.01. The highest BCUT2D eigenvalue weighted by Crippen LogP contribution is 2.45. The highest BCUT2D eigenvalue weighted by Gasteiger charge is 2.51. The summed E-state index contributed by atoms with van der Waals surface area (Å²) in [7, 11) is 0. The predicted octanol–water partition coefficient (Wildman–Crippen LogP) is 0.603. The molecule has 3 N–H and O–H groups in total. The highest BCUT2D eigenvalue weighted by atomic mass is 16.4. The van der Waals surface area contributed by atoms with E-state index in [2.05, 4.69) is 24.5 Å². The van der Waals surface area contributed by atoms with E-state index in [0.717, 1.165) is 13.0 Å². The van der Waals surface area contributed by atoms with Gasteiger partial charge in [-0.15, -0.1) is 0 Å². The Morgan fingerprint density at radius 2 is 2.00 bits per heavy atom. The molecule has 1 aliphatic heterocycles. The molecule has 1 saturated heterocycles. The summed E-state index contributed by atoms with van der Waals surface area (Å²) < 4.78 is 0. The lowest BCUT2D eigenvalue weighted by molar-refractivity contribution is -0.143. The van der Waals surface area contributed by atoms with Gasteiger partial charge >= 0.3 is 5.97 Å². The van der Waals surface area contributed by atoms with Crippen molar-refractivity contribution < 1.29 is 14.7 Å². The van der Waals surface area contributed by atoms with Crippen LogP contribution in [0.2, 0.25) is 0 Å². The van der Waals surface area contributed by atoms with Crippen molar-refractivity contribution in [2.24, 2.45) is 16.7 Å². The molecule has 1 atom stereocenters. The Hall–Kier alpha value is -1.10. The van der Waals surface area contributed by atoms with Crippen molar-refractivity contribution in [3.8, 4) is 0 Å². The van der Waals surface area contributed by atoms with E-state index in [0.29, 0.717) is 19.4 Å². The molecule has 1 aliphatic carbocycles. The van der Waals surface area contributed by atoms with Crippen molar-refractivity contribution in [2.45, 2.75) is 33.1 Å². The zero-order valence-electron chi connectivity index (χ0n) is 11.1. The molecule has 2 rings (SSSR count). The van der Waals surface area contributed by atoms with Gasteiger partial charge in [-0.25, -0.2) is 0 Å². The summed E-state index contributed by atoms with van der Waals surface area (Å²) >= 11 is 0. The highest BCUT2D eigenvalue weighted by molar-refractivity contribution is 5.85. The first-order chi connectivity index (χ1) is 8.43. The molecule has 2 fully saturated rings. The van der Waals surface area contributed by atoms with Gasteiger partial charge < -0.3 is 15.7 Å². The van der Waals surface area contributed by atoms with E-state index in [1.807, 2.05) is 0 Å². The number of carboxylic acids is 1. The van der Waals surface area contributed by atoms with Crippen LogP contribution < -0.4 is 10.6 Å². The third kappa shape index (κ3) is 2.11. The Labute approximate surface area is 107 Å². The van der Waals surface area contributed by atoms with Gasteiger partial charge in [0.15, 0.2) is 0 Å². The van der Waals surface area contributed by atoms with Gasteiger partial charge in [-0.2, -0.15) is 0 Å². The first kappa shape index (κ1) is 13.3. The molecular formula is C13H22N2O3. The van der Waals surface area contributed by atoms with Gasteiger partial charge in [-0.05, 0) is 31.7 Å². The maximum Gasteiger partial charge on any atom is 0.311 e. The average molecular weight is 254 g/mol. The van der Waals surface area contributed by atoms with E-state index in [1.165, 1.54) is 0 Å². The lowest BCUT2D eigenvalue weighted by Gasteiger charge is -2.31. The third-order valence-corrected chi connectivity index (χ3v) is 4.64. The zero-order valence-corrected chi connectivity index (χ0v) is 11.1. The molecule has 1 heterocycles. The zero-order chi connectivity index (χ0) is 13.4. The minimum Gasteiger partial charge on any atom is -0.481 e. The molecule has 102 valence electrons. The van der Waals surface area contributed by atoms with E-state index in [9.17, 15) is 9.59 Å². The van der Waals surface area contributed by atoms with Gasteiger partial charge in [0.2, 0.25) is 5.91 Å². The Morgan fingerprint density at radius 3 is 2.39 bits per heavy atom. The van der Waals surface area contributed by atoms with Crippen LogP contribution in [0.25, 0.3) is 0 Å². The molecule has 1 unspecified atom stereocenters. The quantitative estimate of drug-likeness (QED) is 0.671. The van der Waals surface area contributed by atoms with Gasteiger partial charge in [-0.1, -0.05) is 13.8 Å². The van der Waals surface area contributed by atoms with Crippen molar-refractivity contribution in [3.05, 3.63) is 0 Å². The summed E-state index contributed by atoms with van der Waals surface area (Å²) in [5.74, 6) is -0.520. The minimum absolute atomic E-state index is 0.00928. The van der Waals surface area contributed by atoms with Crippen LogP contribution in [-0.2, 0) is 9.59 Å². The molecule has 0 aromatic rings. The number of hydrogen-bond acceptors (Lipinski definition) is 3. The van der Waals surface area contributed by atoms with Crippen molar-refractivity contribution in [1.29, 1.82) is 0 Å². The van der Waals surface area contributed by atoms with E-state index in [1.54, 1.807) is 0 Å². The topological polar surface area (TPSA) is 78.4 Å². The molecule has 0 aromatic carbocycles. The molecule has 0 bridgehead atoms. The van der Waals surface area contributed by atoms with Crippen LogP contribution >= 0.6 is 0 Å². The number of hydrogen-bond donors (Lipinski definition) is 3. The third-order valence-electron chi connectivity index (χ3n) is 4.64. The van der Waals surface area contributed by atoms with E-state index >= 15 is 0 Å². The fraction of sp³-hybridized carbons (Fsp3) is 0.846. The fourth-order valence-electron chi connectivity index (χ4n) is 2.70. The van der Waals surface area contributed by atoms with Crippen LogP contribution in [0.15, 0.2) is 0 Å². The second-order valence-electron chi connectivity index (χ2n) is 6.01. The molecule has 1 saturated carbocycles. The first-order valence-corrected chi connectivity index (χ1v) is 6.65. The monoisotopic (exact) mass is 254 g/mol. The van der Waals surface area contributed by atoms with E-state index < -0.39 is 11.4 Å². The standard InChI is InChI=1S/C13H22N2O3/c1-9(2)13(5-6-14-8-13)10(16)15-7-12(3-4-12)11(17)18/h9,14H,3-8H2,1-2H3,(H,15,16)(H,17,18). The number of carbonyl (C=O) groups excluding carboxylic acids is 1. The Kier molecular flexibility index (Phi) is 3.36. The normalized spacial score (nSPS) is 29.3. The molecule has 0 aromatic heterocycles. The summed E-state index contributed by atoms with van der Waals surface area (Å²) in [5.41, 5.74) is -1.05. The Balaban J connectivity index is 1.97. The number of nitrogens with one attached hydrogen (secondary N) is 2. The van der Waals surface area contributed by atoms with Crippen molar-refractivity contribution in [3.63, 3.8) is 0 Å². The number of amides is 1. The van der Waals surface area contributed by atoms with E-state index in [4.69, 9.17) is 5.11 Å². The van der Waals surface area contributed by atoms with Gasteiger partial charge in [-0.3, -0.25) is 9.59 Å². The van der Waals surface area contributed by atoms with Gasteiger partial charge in [0.1, 0.15) is 0 Å². The van der Waals surface area contributed by atoms with Crippen LogP contribution in [0.3, 0.4) is 0 Å². The largest absolute Gasteiger partial charge is 0.481 e. The van der Waals surface area contributed by atoms with Gasteiger partial charge in [0, 0.05) is 13.1 Å². The number of carboxylic acid groups (broad SMARTS) is 1. The lowest BCUT2D eigenvalue weighted by Crippen LogP contribution is -2.48. The number of carbonyl (C=O) groups is 2. The summed E-state index contributed by atoms with van der Waals surface area (Å²) in [6, 6.07) is 0. The molecule has 1 amide bonds. The summed E-state index contributed by atoms with van der Waals surface area (Å²) in [5, 5.41) is 15.2. The SMILES string of the molecule is CC(C)C1(C(=O)NCC2(C(=O)O)CC2)CCNC1. The summed E-state index contributed by atoms with van der Waals surface area (Å²) in [4.78, 5) is 23.4. The maximum absolute atomic E-state index is 12.4. The molecule has 5 nitrogen and oxygen atoms in total. The Bertz CT molecular complexity index is 355. The second kappa shape index (κ2) is 4.53. The maximum atomic E-state index is 12.4. The van der Waals surface area contributed by atoms with Crippen molar-refractivity contribution in [2.75, 3.05) is 19.6 Å². The fourth-order valence-corrected chi connectivity index (χ4v) is 2.70. The van der Waals surface area contributed by atoms with Crippen LogP contribution in [0.1, 0.15) is 33.1 Å². The van der Waals surface area contributed by atoms with Crippen LogP contribution in [-0.4, -0.2) is 36.6 Å². The average Bonchev–Trinajstić information content (AvgIpc) is 2.94. The summed E-state index contributed by atoms with van der Waals surface area (Å²) in [6.45, 7) is 5.93. The smallest absolute Gasteiger partial charge is 0.311 e. The molecule has 18 heavy (non-hydrogen) atoms. The minimum atomic E-state index is -0.786. The summed E-state index contributed by atoms with van der Waals surface area (Å²) in [6.07, 6.45) is 2.18. The molecular weight excluding hydrogens is 232 g/mol. The van der Waals surface area contributed by atoms with Gasteiger partial charge in [0.05, 0.1) is 10.8 Å². The molecule has 2 aliphatic rings. The predicted molar refractivity (Wildman–Crippen MR) is 67.1 cm³/mol. The number of aliphatic carboxylic acids is 1. The Morgan fingerprint density at radius 1 is 1.33 bits per heavy atom. The molecule has 5 heteroatoms. The van der Waals surface area contributed by atoms with Crippen molar-refractivity contribution >= 4 is 11.9 Å². The molecule has 0 radical (unpaired) electrons. The van der Waals surface area contributed by atoms with Crippen LogP contribution in [0.5, 0.6) is 0 Å². The number of rotatable bonds is 5. The van der Waals surface area contributed by atoms with Crippen molar-refractivity contribution in [1.82, 2.24) is 10.6 Å². The lowest BCUT2D eigenvalue weighted by atomic mass is 9.75. The van der Waals surface area contributed by atoms with Gasteiger partial charge in [0.25, 0.3) is 0 Å².